The van der Waals surface area contributed by atoms with Gasteiger partial charge in [0.05, 0.1) is 13.7 Å². The van der Waals surface area contributed by atoms with Crippen LogP contribution in [0, 0.1) is 0 Å². The van der Waals surface area contributed by atoms with Crippen LogP contribution in [0.15, 0.2) is 53.7 Å². The smallest absolute Gasteiger partial charge is 0.196 e. The maximum Gasteiger partial charge on any atom is 0.196 e. The number of ether oxygens (including phenoxy) is 2. The van der Waals surface area contributed by atoms with Gasteiger partial charge in [-0.15, -0.1) is 15.3 Å². The summed E-state index contributed by atoms with van der Waals surface area (Å²) in [5, 5.41) is 13.7. The molecular weight excluding hydrogens is 442 g/mol. The Bertz CT molecular complexity index is 1130. The maximum atomic E-state index is 6.15. The van der Waals surface area contributed by atoms with Gasteiger partial charge in [0.25, 0.3) is 0 Å². The number of benzene rings is 2. The normalized spacial score (nSPS) is 10.9. The minimum Gasteiger partial charge on any atom is -0.497 e. The molecule has 2 heterocycles. The Hall–Kier alpha value is -2.62. The predicted molar refractivity (Wildman–Crippen MR) is 119 cm³/mol. The Morgan fingerprint density at radius 2 is 1.90 bits per heavy atom. The van der Waals surface area contributed by atoms with Gasteiger partial charge < -0.3 is 9.47 Å². The number of hydrogen-bond donors (Lipinski definition) is 0. The van der Waals surface area contributed by atoms with Crippen LogP contribution in [-0.4, -0.2) is 38.1 Å². The van der Waals surface area contributed by atoms with Crippen molar-refractivity contribution in [3.8, 4) is 28.6 Å². The van der Waals surface area contributed by atoms with Crippen molar-refractivity contribution in [2.24, 2.45) is 0 Å². The van der Waals surface area contributed by atoms with Gasteiger partial charge in [-0.05, 0) is 43.3 Å². The molecular formula is C20H18ClN5O2S2. The zero-order valence-electron chi connectivity index (χ0n) is 16.3. The minimum absolute atomic E-state index is 0.544. The van der Waals surface area contributed by atoms with Gasteiger partial charge in [0.15, 0.2) is 11.0 Å². The SMILES string of the molecule is CCOc1ccc(-n2c(SCc3nnsc3Cl)nnc2-c2cccc(OC)c2)cc1. The van der Waals surface area contributed by atoms with E-state index >= 15 is 0 Å². The fourth-order valence-electron chi connectivity index (χ4n) is 2.82. The van der Waals surface area contributed by atoms with Gasteiger partial charge in [0.2, 0.25) is 0 Å². The van der Waals surface area contributed by atoms with E-state index in [-0.39, 0.29) is 0 Å². The van der Waals surface area contributed by atoms with Gasteiger partial charge in [-0.3, -0.25) is 4.57 Å². The van der Waals surface area contributed by atoms with E-state index in [4.69, 9.17) is 21.1 Å². The van der Waals surface area contributed by atoms with Gasteiger partial charge in [0.1, 0.15) is 21.5 Å². The van der Waals surface area contributed by atoms with Gasteiger partial charge >= 0.3 is 0 Å². The molecule has 154 valence electrons. The molecule has 0 atom stereocenters. The molecule has 0 amide bonds. The number of thioether (sulfide) groups is 1. The number of nitrogens with zero attached hydrogens (tertiary/aromatic N) is 5. The summed E-state index contributed by atoms with van der Waals surface area (Å²) >= 11 is 8.83. The first-order valence-corrected chi connectivity index (χ1v) is 11.3. The van der Waals surface area contributed by atoms with Crippen LogP contribution in [-0.2, 0) is 5.75 Å². The highest BCUT2D eigenvalue weighted by Crippen LogP contribution is 2.32. The van der Waals surface area contributed by atoms with E-state index in [9.17, 15) is 0 Å². The van der Waals surface area contributed by atoms with Crippen molar-refractivity contribution in [3.63, 3.8) is 0 Å². The van der Waals surface area contributed by atoms with Crippen LogP contribution >= 0.6 is 34.9 Å². The number of hydrogen-bond acceptors (Lipinski definition) is 8. The first-order chi connectivity index (χ1) is 14.7. The zero-order chi connectivity index (χ0) is 20.9. The van der Waals surface area contributed by atoms with E-state index in [1.165, 1.54) is 23.3 Å². The Labute approximate surface area is 187 Å². The zero-order valence-corrected chi connectivity index (χ0v) is 18.7. The lowest BCUT2D eigenvalue weighted by Crippen LogP contribution is -2.01. The summed E-state index contributed by atoms with van der Waals surface area (Å²) in [5.41, 5.74) is 2.55. The second-order valence-corrected chi connectivity index (χ2v) is 8.38. The molecule has 2 aromatic carbocycles. The third kappa shape index (κ3) is 4.43. The fourth-order valence-corrected chi connectivity index (χ4v) is 4.50. The van der Waals surface area contributed by atoms with Crippen LogP contribution < -0.4 is 9.47 Å². The summed E-state index contributed by atoms with van der Waals surface area (Å²) in [5.74, 6) is 2.82. The average Bonchev–Trinajstić information content (AvgIpc) is 3.39. The Kier molecular flexibility index (Phi) is 6.51. The molecule has 10 heteroatoms. The summed E-state index contributed by atoms with van der Waals surface area (Å²) in [7, 11) is 1.64. The van der Waals surface area contributed by atoms with Crippen LogP contribution in [0.2, 0.25) is 4.34 Å². The van der Waals surface area contributed by atoms with Gasteiger partial charge in [-0.25, -0.2) is 0 Å². The molecule has 0 aliphatic heterocycles. The molecule has 4 aromatic rings. The molecule has 0 spiro atoms. The summed E-state index contributed by atoms with van der Waals surface area (Å²) in [6.07, 6.45) is 0. The van der Waals surface area contributed by atoms with Crippen molar-refractivity contribution in [1.82, 2.24) is 24.4 Å². The van der Waals surface area contributed by atoms with Gasteiger partial charge in [0, 0.05) is 28.5 Å². The van der Waals surface area contributed by atoms with Gasteiger partial charge in [-0.1, -0.05) is 40.0 Å². The van der Waals surface area contributed by atoms with Crippen molar-refractivity contribution in [2.75, 3.05) is 13.7 Å². The van der Waals surface area contributed by atoms with Crippen molar-refractivity contribution in [3.05, 3.63) is 58.6 Å². The highest BCUT2D eigenvalue weighted by molar-refractivity contribution is 7.98. The number of methoxy groups -OCH3 is 1. The number of halogens is 1. The summed E-state index contributed by atoms with van der Waals surface area (Å²) in [4.78, 5) is 0. The van der Waals surface area contributed by atoms with Crippen LogP contribution in [0.4, 0.5) is 0 Å². The molecule has 0 saturated carbocycles. The average molecular weight is 460 g/mol. The molecule has 0 fully saturated rings. The molecule has 0 aliphatic rings. The van der Waals surface area contributed by atoms with Crippen LogP contribution in [0.25, 0.3) is 17.1 Å². The maximum absolute atomic E-state index is 6.15. The molecule has 0 unspecified atom stereocenters. The van der Waals surface area contributed by atoms with E-state index in [1.54, 1.807) is 7.11 Å². The lowest BCUT2D eigenvalue weighted by molar-refractivity contribution is 0.340. The fraction of sp³-hybridized carbons (Fsp3) is 0.200. The van der Waals surface area contributed by atoms with E-state index in [1.807, 2.05) is 60.0 Å². The minimum atomic E-state index is 0.544. The van der Waals surface area contributed by atoms with Crippen molar-refractivity contribution in [1.29, 1.82) is 0 Å². The summed E-state index contributed by atoms with van der Waals surface area (Å²) < 4.78 is 17.4. The largest absolute Gasteiger partial charge is 0.497 e. The third-order valence-corrected chi connectivity index (χ3v) is 6.14. The van der Waals surface area contributed by atoms with E-state index in [0.29, 0.717) is 22.5 Å². The first-order valence-electron chi connectivity index (χ1n) is 9.12. The lowest BCUT2D eigenvalue weighted by Gasteiger charge is -2.12. The van der Waals surface area contributed by atoms with Crippen LogP contribution in [0.1, 0.15) is 12.6 Å². The molecule has 0 bridgehead atoms. The van der Waals surface area contributed by atoms with E-state index in [0.717, 1.165) is 33.6 Å². The Morgan fingerprint density at radius 1 is 1.07 bits per heavy atom. The molecule has 2 aromatic heterocycles. The molecule has 0 aliphatic carbocycles. The number of aromatic nitrogens is 5. The van der Waals surface area contributed by atoms with Crippen molar-refractivity contribution in [2.45, 2.75) is 17.8 Å². The van der Waals surface area contributed by atoms with E-state index < -0.39 is 0 Å². The van der Waals surface area contributed by atoms with Crippen LogP contribution in [0.3, 0.4) is 0 Å². The highest BCUT2D eigenvalue weighted by atomic mass is 35.5. The Balaban J connectivity index is 1.74. The second kappa shape index (κ2) is 9.46. The molecule has 7 nitrogen and oxygen atoms in total. The molecule has 0 saturated heterocycles. The quantitative estimate of drug-likeness (QED) is 0.338. The summed E-state index contributed by atoms with van der Waals surface area (Å²) in [6, 6.07) is 15.6. The van der Waals surface area contributed by atoms with Crippen molar-refractivity contribution < 1.29 is 9.47 Å². The van der Waals surface area contributed by atoms with E-state index in [2.05, 4.69) is 19.8 Å². The van der Waals surface area contributed by atoms with Gasteiger partial charge in [-0.2, -0.15) is 0 Å². The number of rotatable bonds is 8. The molecule has 30 heavy (non-hydrogen) atoms. The standard InChI is InChI=1S/C20H18ClN5O2S2/c1-3-28-15-9-7-14(8-10-15)26-19(13-5-4-6-16(11-13)27-2)23-24-20(26)29-12-17-18(21)30-25-22-17/h4-11H,3,12H2,1-2H3. The monoisotopic (exact) mass is 459 g/mol. The lowest BCUT2D eigenvalue weighted by atomic mass is 10.2. The highest BCUT2D eigenvalue weighted by Gasteiger charge is 2.18. The molecule has 4 rings (SSSR count). The molecule has 0 N–H and O–H groups in total. The third-order valence-electron chi connectivity index (χ3n) is 4.21. The predicted octanol–water partition coefficient (Wildman–Crippen LogP) is 5.14. The van der Waals surface area contributed by atoms with Crippen LogP contribution in [0.5, 0.6) is 11.5 Å². The topological polar surface area (TPSA) is 75.0 Å². The van der Waals surface area contributed by atoms with Crippen molar-refractivity contribution >= 4 is 34.9 Å². The molecule has 0 radical (unpaired) electrons. The Morgan fingerprint density at radius 3 is 2.60 bits per heavy atom. The second-order valence-electron chi connectivity index (χ2n) is 6.08. The summed E-state index contributed by atoms with van der Waals surface area (Å²) in [6.45, 7) is 2.58. The first kappa shape index (κ1) is 20.6.